The van der Waals surface area contributed by atoms with E-state index in [1.165, 1.54) is 12.1 Å². The number of primary amides is 1. The number of ether oxygens (including phenoxy) is 1. The minimum absolute atomic E-state index is 0.0481. The van der Waals surface area contributed by atoms with E-state index >= 15 is 0 Å². The number of carbonyl (C=O) groups excluding carboxylic acids is 1. The van der Waals surface area contributed by atoms with Gasteiger partial charge in [-0.1, -0.05) is 34.1 Å². The number of benzene rings is 1. The second kappa shape index (κ2) is 9.07. The van der Waals surface area contributed by atoms with Crippen molar-refractivity contribution >= 4 is 26.8 Å². The van der Waals surface area contributed by atoms with Crippen LogP contribution >= 0.6 is 0 Å². The molecule has 0 aliphatic carbocycles. The van der Waals surface area contributed by atoms with Crippen LogP contribution in [0.3, 0.4) is 0 Å². The molecular weight excluding hydrogens is 430 g/mol. The third-order valence-electron chi connectivity index (χ3n) is 5.54. The minimum Gasteiger partial charge on any atom is -0.439 e. The number of hydrogen-bond acceptors (Lipinski definition) is 6. The van der Waals surface area contributed by atoms with Crippen LogP contribution in [0.15, 0.2) is 44.7 Å². The standard InChI is InChI=1S/C23H31N3O5S/c1-6-15(11-12-30-5)14-26-18-8-7-16(13-17(18)25-22(26)23(2,3)4)32(28,29)20-10-9-19(31-20)21(24)27/h7-10,13,15H,6,11-12,14H2,1-5H3,(H2,24,27). The van der Waals surface area contributed by atoms with Crippen LogP contribution in [0.5, 0.6) is 0 Å². The third kappa shape index (κ3) is 4.73. The van der Waals surface area contributed by atoms with Gasteiger partial charge in [-0.15, -0.1) is 0 Å². The van der Waals surface area contributed by atoms with E-state index in [4.69, 9.17) is 19.9 Å². The van der Waals surface area contributed by atoms with Crippen LogP contribution in [-0.2, 0) is 26.5 Å². The Bertz CT molecular complexity index is 1220. The van der Waals surface area contributed by atoms with Gasteiger partial charge in [0.25, 0.3) is 5.91 Å². The molecule has 3 rings (SSSR count). The topological polar surface area (TPSA) is 117 Å². The molecule has 2 aromatic heterocycles. The average Bonchev–Trinajstić information content (AvgIpc) is 3.36. The smallest absolute Gasteiger partial charge is 0.284 e. The fourth-order valence-electron chi connectivity index (χ4n) is 3.71. The Hall–Kier alpha value is -2.65. The van der Waals surface area contributed by atoms with Gasteiger partial charge in [-0.2, -0.15) is 0 Å². The summed E-state index contributed by atoms with van der Waals surface area (Å²) >= 11 is 0. The van der Waals surface area contributed by atoms with Gasteiger partial charge in [-0.05, 0) is 42.7 Å². The lowest BCUT2D eigenvalue weighted by Gasteiger charge is -2.23. The molecule has 2 heterocycles. The Morgan fingerprint density at radius 3 is 2.53 bits per heavy atom. The van der Waals surface area contributed by atoms with Crippen LogP contribution in [0.4, 0.5) is 0 Å². The van der Waals surface area contributed by atoms with Crippen molar-refractivity contribution in [2.45, 2.75) is 62.5 Å². The van der Waals surface area contributed by atoms with E-state index in [1.807, 2.05) is 0 Å². The number of carbonyl (C=O) groups is 1. The molecule has 0 bridgehead atoms. The van der Waals surface area contributed by atoms with E-state index in [9.17, 15) is 13.2 Å². The van der Waals surface area contributed by atoms with E-state index in [-0.39, 0.29) is 21.2 Å². The number of hydrogen-bond donors (Lipinski definition) is 1. The summed E-state index contributed by atoms with van der Waals surface area (Å²) < 4.78 is 38.7. The molecule has 1 atom stereocenters. The summed E-state index contributed by atoms with van der Waals surface area (Å²) in [5.41, 5.74) is 6.42. The van der Waals surface area contributed by atoms with Crippen molar-refractivity contribution < 1.29 is 22.4 Å². The Kier molecular flexibility index (Phi) is 6.80. The monoisotopic (exact) mass is 461 g/mol. The highest BCUT2D eigenvalue weighted by atomic mass is 32.2. The van der Waals surface area contributed by atoms with Gasteiger partial charge in [0.2, 0.25) is 14.9 Å². The number of methoxy groups -OCH3 is 1. The summed E-state index contributed by atoms with van der Waals surface area (Å²) in [5, 5.41) is -0.327. The van der Waals surface area contributed by atoms with Crippen molar-refractivity contribution in [2.24, 2.45) is 11.7 Å². The van der Waals surface area contributed by atoms with E-state index in [1.54, 1.807) is 25.3 Å². The number of nitrogens with two attached hydrogens (primary N) is 1. The quantitative estimate of drug-likeness (QED) is 0.516. The maximum absolute atomic E-state index is 13.1. The van der Waals surface area contributed by atoms with Gasteiger partial charge in [0.05, 0.1) is 15.9 Å². The van der Waals surface area contributed by atoms with Gasteiger partial charge in [0, 0.05) is 25.7 Å². The largest absolute Gasteiger partial charge is 0.439 e. The van der Waals surface area contributed by atoms with E-state index in [0.717, 1.165) is 30.7 Å². The first-order valence-corrected chi connectivity index (χ1v) is 12.1. The Morgan fingerprint density at radius 1 is 1.25 bits per heavy atom. The number of aromatic nitrogens is 2. The van der Waals surface area contributed by atoms with Crippen molar-refractivity contribution in [2.75, 3.05) is 13.7 Å². The normalized spacial score (nSPS) is 13.5. The molecule has 32 heavy (non-hydrogen) atoms. The first kappa shape index (κ1) is 24.0. The number of imidazole rings is 1. The molecule has 0 spiro atoms. The van der Waals surface area contributed by atoms with Crippen LogP contribution in [0.1, 0.15) is 56.9 Å². The van der Waals surface area contributed by atoms with Crippen molar-refractivity contribution in [3.8, 4) is 0 Å². The highest BCUT2D eigenvalue weighted by Crippen LogP contribution is 2.31. The maximum Gasteiger partial charge on any atom is 0.284 e. The summed E-state index contributed by atoms with van der Waals surface area (Å²) in [4.78, 5) is 16.1. The SMILES string of the molecule is CCC(CCOC)Cn1c(C(C)(C)C)nc2cc(S(=O)(=O)c3ccc(C(N)=O)o3)ccc21. The van der Waals surface area contributed by atoms with Crippen molar-refractivity contribution in [1.82, 2.24) is 9.55 Å². The first-order valence-electron chi connectivity index (χ1n) is 10.6. The van der Waals surface area contributed by atoms with E-state index in [0.29, 0.717) is 18.0 Å². The van der Waals surface area contributed by atoms with Crippen LogP contribution in [0, 0.1) is 5.92 Å². The number of furan rings is 1. The number of rotatable bonds is 9. The molecule has 1 amide bonds. The number of sulfone groups is 1. The lowest BCUT2D eigenvalue weighted by Crippen LogP contribution is -2.22. The van der Waals surface area contributed by atoms with Crippen molar-refractivity contribution in [3.63, 3.8) is 0 Å². The summed E-state index contributed by atoms with van der Waals surface area (Å²) in [6, 6.07) is 7.38. The summed E-state index contributed by atoms with van der Waals surface area (Å²) in [5.74, 6) is 0.277. The number of fused-ring (bicyclic) bond motifs is 1. The van der Waals surface area contributed by atoms with Gasteiger partial charge >= 0.3 is 0 Å². The Balaban J connectivity index is 2.08. The summed E-state index contributed by atoms with van der Waals surface area (Å²) in [6.07, 6.45) is 1.93. The number of nitrogens with zero attached hydrogens (tertiary/aromatic N) is 2. The highest BCUT2D eigenvalue weighted by Gasteiger charge is 2.27. The Labute approximate surface area is 188 Å². The summed E-state index contributed by atoms with van der Waals surface area (Å²) in [6.45, 7) is 9.89. The molecular formula is C23H31N3O5S. The van der Waals surface area contributed by atoms with Gasteiger partial charge in [0.15, 0.2) is 5.76 Å². The van der Waals surface area contributed by atoms with Crippen LogP contribution in [0.2, 0.25) is 0 Å². The first-order chi connectivity index (χ1) is 15.0. The molecule has 1 aromatic carbocycles. The lowest BCUT2D eigenvalue weighted by atomic mass is 9.95. The number of amides is 1. The van der Waals surface area contributed by atoms with Gasteiger partial charge in [-0.25, -0.2) is 13.4 Å². The molecule has 0 aliphatic rings. The predicted molar refractivity (Wildman–Crippen MR) is 121 cm³/mol. The molecule has 0 radical (unpaired) electrons. The molecule has 9 heteroatoms. The molecule has 0 fully saturated rings. The molecule has 0 saturated heterocycles. The van der Waals surface area contributed by atoms with Gasteiger partial charge < -0.3 is 19.5 Å². The van der Waals surface area contributed by atoms with Crippen LogP contribution < -0.4 is 5.73 Å². The second-order valence-corrected chi connectivity index (χ2v) is 10.9. The summed E-state index contributed by atoms with van der Waals surface area (Å²) in [7, 11) is -2.26. The zero-order valence-corrected chi connectivity index (χ0v) is 20.0. The molecule has 1 unspecified atom stereocenters. The van der Waals surface area contributed by atoms with Crippen molar-refractivity contribution in [3.05, 3.63) is 41.9 Å². The average molecular weight is 462 g/mol. The molecule has 8 nitrogen and oxygen atoms in total. The minimum atomic E-state index is -3.96. The highest BCUT2D eigenvalue weighted by molar-refractivity contribution is 7.91. The third-order valence-corrected chi connectivity index (χ3v) is 7.16. The molecule has 2 N–H and O–H groups in total. The fraction of sp³-hybridized carbons (Fsp3) is 0.478. The maximum atomic E-state index is 13.1. The Morgan fingerprint density at radius 2 is 1.97 bits per heavy atom. The fourth-order valence-corrected chi connectivity index (χ4v) is 4.91. The second-order valence-electron chi connectivity index (χ2n) is 8.99. The van der Waals surface area contributed by atoms with Gasteiger partial charge in [-0.3, -0.25) is 4.79 Å². The molecule has 0 saturated carbocycles. The predicted octanol–water partition coefficient (Wildman–Crippen LogP) is 3.92. The van der Waals surface area contributed by atoms with E-state index in [2.05, 4.69) is 32.3 Å². The molecule has 174 valence electrons. The van der Waals surface area contributed by atoms with Crippen molar-refractivity contribution in [1.29, 1.82) is 0 Å². The van der Waals surface area contributed by atoms with Gasteiger partial charge in [0.1, 0.15) is 5.82 Å². The van der Waals surface area contributed by atoms with Crippen LogP contribution in [0.25, 0.3) is 11.0 Å². The van der Waals surface area contributed by atoms with Crippen LogP contribution in [-0.4, -0.2) is 37.6 Å². The zero-order chi connectivity index (χ0) is 23.7. The lowest BCUT2D eigenvalue weighted by molar-refractivity contribution is 0.0968. The van der Waals surface area contributed by atoms with E-state index < -0.39 is 15.7 Å². The molecule has 3 aromatic rings. The molecule has 0 aliphatic heterocycles. The zero-order valence-electron chi connectivity index (χ0n) is 19.2.